The number of benzene rings is 1. The van der Waals surface area contributed by atoms with Crippen LogP contribution in [-0.2, 0) is 19.3 Å². The van der Waals surface area contributed by atoms with E-state index in [-0.39, 0.29) is 6.04 Å². The predicted molar refractivity (Wildman–Crippen MR) is 82.2 cm³/mol. The van der Waals surface area contributed by atoms with Crippen LogP contribution in [0.1, 0.15) is 43.5 Å². The van der Waals surface area contributed by atoms with Crippen LogP contribution in [0, 0.1) is 6.92 Å². The van der Waals surface area contributed by atoms with E-state index in [0.29, 0.717) is 0 Å². The van der Waals surface area contributed by atoms with Crippen LogP contribution in [0.3, 0.4) is 0 Å². The summed E-state index contributed by atoms with van der Waals surface area (Å²) in [4.78, 5) is 4.57. The van der Waals surface area contributed by atoms with Gasteiger partial charge in [0.1, 0.15) is 5.82 Å². The largest absolute Gasteiger partial charge is 0.328 e. The standard InChI is InChI=1S/C16H24N4/c1-5-15-18-16(6-2)20(19-15)14-8-7-13(9-11(14)3)10-12(4)17/h7-9,12H,5-6,10,17H2,1-4H3. The highest BCUT2D eigenvalue weighted by Crippen LogP contribution is 2.18. The molecule has 2 rings (SSSR count). The highest BCUT2D eigenvalue weighted by molar-refractivity contribution is 5.43. The fraction of sp³-hybridized carbons (Fsp3) is 0.500. The molecule has 0 fully saturated rings. The zero-order chi connectivity index (χ0) is 14.7. The number of rotatable bonds is 5. The van der Waals surface area contributed by atoms with Gasteiger partial charge in [0.15, 0.2) is 5.82 Å². The molecule has 4 heteroatoms. The van der Waals surface area contributed by atoms with Gasteiger partial charge in [-0.15, -0.1) is 0 Å². The molecule has 20 heavy (non-hydrogen) atoms. The maximum absolute atomic E-state index is 5.86. The second-order valence-electron chi connectivity index (χ2n) is 5.37. The number of hydrogen-bond acceptors (Lipinski definition) is 3. The maximum atomic E-state index is 5.86. The van der Waals surface area contributed by atoms with Crippen LogP contribution in [0.2, 0.25) is 0 Å². The molecule has 2 aromatic rings. The Balaban J connectivity index is 2.40. The lowest BCUT2D eigenvalue weighted by Crippen LogP contribution is -2.18. The number of nitrogens with zero attached hydrogens (tertiary/aromatic N) is 3. The summed E-state index contributed by atoms with van der Waals surface area (Å²) in [6.45, 7) is 8.34. The van der Waals surface area contributed by atoms with Crippen LogP contribution < -0.4 is 5.73 Å². The van der Waals surface area contributed by atoms with Gasteiger partial charge in [-0.25, -0.2) is 9.67 Å². The molecular formula is C16H24N4. The topological polar surface area (TPSA) is 56.7 Å². The van der Waals surface area contributed by atoms with Crippen molar-refractivity contribution in [2.75, 3.05) is 0 Å². The molecule has 1 heterocycles. The van der Waals surface area contributed by atoms with Crippen molar-refractivity contribution in [3.8, 4) is 5.69 Å². The van der Waals surface area contributed by atoms with Crippen molar-refractivity contribution in [1.29, 1.82) is 0 Å². The summed E-state index contributed by atoms with van der Waals surface area (Å²) in [5, 5.41) is 4.60. The minimum Gasteiger partial charge on any atom is -0.328 e. The molecule has 0 spiro atoms. The monoisotopic (exact) mass is 272 g/mol. The van der Waals surface area contributed by atoms with E-state index in [1.165, 1.54) is 11.1 Å². The van der Waals surface area contributed by atoms with Crippen LogP contribution in [0.25, 0.3) is 5.69 Å². The first-order valence-electron chi connectivity index (χ1n) is 7.35. The quantitative estimate of drug-likeness (QED) is 0.910. The fourth-order valence-electron chi connectivity index (χ4n) is 2.42. The lowest BCUT2D eigenvalue weighted by molar-refractivity contribution is 0.735. The number of aromatic nitrogens is 3. The minimum absolute atomic E-state index is 0.185. The van der Waals surface area contributed by atoms with Crippen LogP contribution >= 0.6 is 0 Å². The van der Waals surface area contributed by atoms with Gasteiger partial charge in [0, 0.05) is 18.9 Å². The molecule has 1 atom stereocenters. The van der Waals surface area contributed by atoms with Crippen molar-refractivity contribution in [2.24, 2.45) is 5.73 Å². The van der Waals surface area contributed by atoms with Crippen LogP contribution in [-0.4, -0.2) is 20.8 Å². The van der Waals surface area contributed by atoms with Gasteiger partial charge in [0.05, 0.1) is 5.69 Å². The van der Waals surface area contributed by atoms with Gasteiger partial charge < -0.3 is 5.73 Å². The predicted octanol–water partition coefficient (Wildman–Crippen LogP) is 2.59. The lowest BCUT2D eigenvalue weighted by atomic mass is 10.0. The SMILES string of the molecule is CCc1nc(CC)n(-c2ccc(CC(C)N)cc2C)n1. The Kier molecular flexibility index (Phi) is 4.55. The summed E-state index contributed by atoms with van der Waals surface area (Å²) in [5.74, 6) is 1.92. The Morgan fingerprint density at radius 3 is 2.55 bits per heavy atom. The second-order valence-corrected chi connectivity index (χ2v) is 5.37. The van der Waals surface area contributed by atoms with E-state index in [4.69, 9.17) is 5.73 Å². The molecule has 2 N–H and O–H groups in total. The van der Waals surface area contributed by atoms with E-state index in [9.17, 15) is 0 Å². The third kappa shape index (κ3) is 3.07. The summed E-state index contributed by atoms with van der Waals surface area (Å²) in [6, 6.07) is 6.65. The summed E-state index contributed by atoms with van der Waals surface area (Å²) >= 11 is 0. The summed E-state index contributed by atoms with van der Waals surface area (Å²) in [5.41, 5.74) is 9.46. The summed E-state index contributed by atoms with van der Waals surface area (Å²) < 4.78 is 1.98. The first kappa shape index (κ1) is 14.7. The Labute approximate surface area is 121 Å². The maximum Gasteiger partial charge on any atom is 0.151 e. The van der Waals surface area contributed by atoms with Crippen molar-refractivity contribution in [3.63, 3.8) is 0 Å². The molecule has 0 amide bonds. The van der Waals surface area contributed by atoms with Gasteiger partial charge in [-0.05, 0) is 37.5 Å². The third-order valence-corrected chi connectivity index (χ3v) is 3.40. The molecule has 0 aliphatic heterocycles. The number of hydrogen-bond donors (Lipinski definition) is 1. The Morgan fingerprint density at radius 2 is 2.00 bits per heavy atom. The highest BCUT2D eigenvalue weighted by atomic mass is 15.3. The van der Waals surface area contributed by atoms with E-state index in [1.807, 2.05) is 11.6 Å². The first-order chi connectivity index (χ1) is 9.55. The number of aryl methyl sites for hydroxylation is 3. The molecule has 0 aliphatic carbocycles. The molecular weight excluding hydrogens is 248 g/mol. The van der Waals surface area contributed by atoms with Gasteiger partial charge in [0.25, 0.3) is 0 Å². The third-order valence-electron chi connectivity index (χ3n) is 3.40. The first-order valence-corrected chi connectivity index (χ1v) is 7.35. The van der Waals surface area contributed by atoms with Gasteiger partial charge in [0.2, 0.25) is 0 Å². The summed E-state index contributed by atoms with van der Waals surface area (Å²) in [7, 11) is 0. The molecule has 0 radical (unpaired) electrons. The van der Waals surface area contributed by atoms with E-state index in [0.717, 1.165) is 36.6 Å². The van der Waals surface area contributed by atoms with Gasteiger partial charge in [-0.3, -0.25) is 0 Å². The van der Waals surface area contributed by atoms with Crippen molar-refractivity contribution < 1.29 is 0 Å². The average molecular weight is 272 g/mol. The highest BCUT2D eigenvalue weighted by Gasteiger charge is 2.11. The van der Waals surface area contributed by atoms with Gasteiger partial charge in [-0.1, -0.05) is 26.0 Å². The lowest BCUT2D eigenvalue weighted by Gasteiger charge is -2.11. The molecule has 108 valence electrons. The smallest absolute Gasteiger partial charge is 0.151 e. The minimum atomic E-state index is 0.185. The molecule has 1 aromatic heterocycles. The van der Waals surface area contributed by atoms with E-state index in [2.05, 4.69) is 49.1 Å². The van der Waals surface area contributed by atoms with E-state index < -0.39 is 0 Å². The van der Waals surface area contributed by atoms with Crippen molar-refractivity contribution in [2.45, 2.75) is 53.0 Å². The second kappa shape index (κ2) is 6.18. The molecule has 1 aromatic carbocycles. The van der Waals surface area contributed by atoms with Crippen molar-refractivity contribution >= 4 is 0 Å². The van der Waals surface area contributed by atoms with E-state index in [1.54, 1.807) is 0 Å². The Morgan fingerprint density at radius 1 is 1.25 bits per heavy atom. The zero-order valence-electron chi connectivity index (χ0n) is 12.8. The molecule has 0 saturated heterocycles. The zero-order valence-corrected chi connectivity index (χ0v) is 12.8. The molecule has 0 bridgehead atoms. The average Bonchev–Trinajstić information content (AvgIpc) is 2.81. The van der Waals surface area contributed by atoms with E-state index >= 15 is 0 Å². The van der Waals surface area contributed by atoms with Crippen LogP contribution in [0.15, 0.2) is 18.2 Å². The van der Waals surface area contributed by atoms with Crippen molar-refractivity contribution in [1.82, 2.24) is 14.8 Å². The Bertz CT molecular complexity index is 584. The van der Waals surface area contributed by atoms with Gasteiger partial charge in [-0.2, -0.15) is 5.10 Å². The van der Waals surface area contributed by atoms with Gasteiger partial charge >= 0.3 is 0 Å². The van der Waals surface area contributed by atoms with Crippen LogP contribution in [0.5, 0.6) is 0 Å². The fourth-order valence-corrected chi connectivity index (χ4v) is 2.42. The molecule has 0 saturated carbocycles. The Hall–Kier alpha value is -1.68. The number of nitrogens with two attached hydrogens (primary N) is 1. The molecule has 0 aliphatic rings. The normalized spacial score (nSPS) is 12.7. The molecule has 4 nitrogen and oxygen atoms in total. The van der Waals surface area contributed by atoms with Crippen molar-refractivity contribution in [3.05, 3.63) is 41.0 Å². The summed E-state index contributed by atoms with van der Waals surface area (Å²) in [6.07, 6.45) is 2.65. The van der Waals surface area contributed by atoms with Crippen LogP contribution in [0.4, 0.5) is 0 Å². The molecule has 1 unspecified atom stereocenters.